The molecule has 0 aliphatic carbocycles. The Kier molecular flexibility index (Phi) is 2.73. The van der Waals surface area contributed by atoms with Crippen LogP contribution in [0.3, 0.4) is 0 Å². The number of aromatic nitrogens is 1. The second-order valence-electron chi connectivity index (χ2n) is 4.13. The largest absolute Gasteiger partial charge is 0.227 e. The highest BCUT2D eigenvalue weighted by atomic mass is 19.1. The average molecular weight is 215 g/mol. The fraction of sp³-hybridized carbons (Fsp3) is 0.214. The molecule has 0 atom stereocenters. The molecule has 0 saturated heterocycles. The SMILES string of the molecule is Cc1ccc(-c2cnc(F)c(C)c2)cc1C. The molecule has 1 aromatic carbocycles. The highest BCUT2D eigenvalue weighted by Crippen LogP contribution is 2.22. The summed E-state index contributed by atoms with van der Waals surface area (Å²) in [5, 5.41) is 0. The van der Waals surface area contributed by atoms with E-state index in [4.69, 9.17) is 0 Å². The van der Waals surface area contributed by atoms with E-state index in [9.17, 15) is 4.39 Å². The van der Waals surface area contributed by atoms with Gasteiger partial charge in [0.25, 0.3) is 0 Å². The summed E-state index contributed by atoms with van der Waals surface area (Å²) in [7, 11) is 0. The third-order valence-electron chi connectivity index (χ3n) is 2.85. The molecule has 0 N–H and O–H groups in total. The van der Waals surface area contributed by atoms with Crippen molar-refractivity contribution in [2.24, 2.45) is 0 Å². The number of nitrogens with zero attached hydrogens (tertiary/aromatic N) is 1. The lowest BCUT2D eigenvalue weighted by Gasteiger charge is -2.06. The molecule has 0 saturated carbocycles. The van der Waals surface area contributed by atoms with Gasteiger partial charge in [0.2, 0.25) is 5.95 Å². The molecule has 0 amide bonds. The Morgan fingerprint density at radius 1 is 0.875 bits per heavy atom. The van der Waals surface area contributed by atoms with Crippen LogP contribution in [0.4, 0.5) is 4.39 Å². The average Bonchev–Trinajstić information content (AvgIpc) is 2.26. The molecule has 1 aromatic heterocycles. The Labute approximate surface area is 95.0 Å². The molecular formula is C14H14FN. The van der Waals surface area contributed by atoms with Crippen molar-refractivity contribution in [3.05, 3.63) is 53.1 Å². The maximum Gasteiger partial charge on any atom is 0.215 e. The zero-order valence-corrected chi connectivity index (χ0v) is 9.71. The summed E-state index contributed by atoms with van der Waals surface area (Å²) in [4.78, 5) is 3.74. The zero-order valence-electron chi connectivity index (χ0n) is 9.71. The second-order valence-corrected chi connectivity index (χ2v) is 4.13. The standard InChI is InChI=1S/C14H14FN/c1-9-4-5-12(6-10(9)2)13-7-11(3)14(15)16-8-13/h4-8H,1-3H3. The third-order valence-corrected chi connectivity index (χ3v) is 2.85. The minimum absolute atomic E-state index is 0.396. The summed E-state index contributed by atoms with van der Waals surface area (Å²) >= 11 is 0. The van der Waals surface area contributed by atoms with E-state index in [1.165, 1.54) is 11.1 Å². The molecule has 0 bridgehead atoms. The molecule has 0 unspecified atom stereocenters. The van der Waals surface area contributed by atoms with Gasteiger partial charge in [-0.05, 0) is 43.5 Å². The molecule has 82 valence electrons. The van der Waals surface area contributed by atoms with Gasteiger partial charge in [0, 0.05) is 17.3 Å². The summed E-state index contributed by atoms with van der Waals surface area (Å²) in [5.41, 5.74) is 5.12. The van der Waals surface area contributed by atoms with E-state index in [2.05, 4.69) is 31.0 Å². The predicted octanol–water partition coefficient (Wildman–Crippen LogP) is 3.81. The monoisotopic (exact) mass is 215 g/mol. The van der Waals surface area contributed by atoms with E-state index in [0.717, 1.165) is 11.1 Å². The van der Waals surface area contributed by atoms with Crippen molar-refractivity contribution in [3.8, 4) is 11.1 Å². The van der Waals surface area contributed by atoms with E-state index < -0.39 is 5.95 Å². The quantitative estimate of drug-likeness (QED) is 0.659. The smallest absolute Gasteiger partial charge is 0.215 e. The van der Waals surface area contributed by atoms with Crippen molar-refractivity contribution in [1.82, 2.24) is 4.98 Å². The molecule has 2 aromatic rings. The van der Waals surface area contributed by atoms with E-state index in [-0.39, 0.29) is 0 Å². The van der Waals surface area contributed by atoms with Crippen molar-refractivity contribution < 1.29 is 4.39 Å². The highest BCUT2D eigenvalue weighted by Gasteiger charge is 2.03. The molecule has 16 heavy (non-hydrogen) atoms. The first-order valence-corrected chi connectivity index (χ1v) is 5.27. The lowest BCUT2D eigenvalue weighted by atomic mass is 10.0. The van der Waals surface area contributed by atoms with Gasteiger partial charge in [-0.2, -0.15) is 4.39 Å². The van der Waals surface area contributed by atoms with Gasteiger partial charge in [0.15, 0.2) is 0 Å². The number of hydrogen-bond acceptors (Lipinski definition) is 1. The Hall–Kier alpha value is -1.70. The normalized spacial score (nSPS) is 10.5. The first-order chi connectivity index (χ1) is 7.58. The van der Waals surface area contributed by atoms with Crippen LogP contribution in [0.2, 0.25) is 0 Å². The van der Waals surface area contributed by atoms with Gasteiger partial charge in [-0.15, -0.1) is 0 Å². The van der Waals surface area contributed by atoms with Crippen LogP contribution in [0.5, 0.6) is 0 Å². The Morgan fingerprint density at radius 2 is 1.56 bits per heavy atom. The van der Waals surface area contributed by atoms with Gasteiger partial charge in [-0.1, -0.05) is 18.2 Å². The Balaban J connectivity index is 2.50. The van der Waals surface area contributed by atoms with E-state index >= 15 is 0 Å². The van der Waals surface area contributed by atoms with Crippen LogP contribution in [-0.4, -0.2) is 4.98 Å². The maximum absolute atomic E-state index is 13.0. The number of pyridine rings is 1. The lowest BCUT2D eigenvalue weighted by Crippen LogP contribution is -1.90. The van der Waals surface area contributed by atoms with Gasteiger partial charge < -0.3 is 0 Å². The van der Waals surface area contributed by atoms with Crippen LogP contribution in [-0.2, 0) is 0 Å². The molecular weight excluding hydrogens is 201 g/mol. The molecule has 2 rings (SSSR count). The maximum atomic E-state index is 13.0. The second kappa shape index (κ2) is 4.05. The van der Waals surface area contributed by atoms with Crippen molar-refractivity contribution in [3.63, 3.8) is 0 Å². The third kappa shape index (κ3) is 1.96. The first-order valence-electron chi connectivity index (χ1n) is 5.27. The van der Waals surface area contributed by atoms with Gasteiger partial charge >= 0.3 is 0 Å². The molecule has 0 spiro atoms. The minimum atomic E-state index is -0.396. The van der Waals surface area contributed by atoms with Crippen molar-refractivity contribution in [2.45, 2.75) is 20.8 Å². The first kappa shape index (κ1) is 10.8. The van der Waals surface area contributed by atoms with Crippen LogP contribution in [0.15, 0.2) is 30.5 Å². The van der Waals surface area contributed by atoms with Crippen LogP contribution >= 0.6 is 0 Å². The van der Waals surface area contributed by atoms with Gasteiger partial charge in [0.05, 0.1) is 0 Å². The van der Waals surface area contributed by atoms with Crippen LogP contribution < -0.4 is 0 Å². The van der Waals surface area contributed by atoms with E-state index in [0.29, 0.717) is 5.56 Å². The van der Waals surface area contributed by atoms with Crippen LogP contribution in [0.1, 0.15) is 16.7 Å². The molecule has 0 fully saturated rings. The summed E-state index contributed by atoms with van der Waals surface area (Å²) in [6.45, 7) is 5.88. The number of hydrogen-bond donors (Lipinski definition) is 0. The summed E-state index contributed by atoms with van der Waals surface area (Å²) < 4.78 is 13.0. The van der Waals surface area contributed by atoms with Crippen LogP contribution in [0, 0.1) is 26.7 Å². The number of rotatable bonds is 1. The highest BCUT2D eigenvalue weighted by molar-refractivity contribution is 5.64. The van der Waals surface area contributed by atoms with Crippen molar-refractivity contribution >= 4 is 0 Å². The number of halogens is 1. The lowest BCUT2D eigenvalue weighted by molar-refractivity contribution is 0.575. The topological polar surface area (TPSA) is 12.9 Å². The number of aryl methyl sites for hydroxylation is 3. The zero-order chi connectivity index (χ0) is 11.7. The fourth-order valence-electron chi connectivity index (χ4n) is 1.64. The van der Waals surface area contributed by atoms with Gasteiger partial charge in [-0.25, -0.2) is 4.98 Å². The molecule has 1 heterocycles. The summed E-state index contributed by atoms with van der Waals surface area (Å²) in [6, 6.07) is 8.04. The predicted molar refractivity (Wildman–Crippen MR) is 63.8 cm³/mol. The van der Waals surface area contributed by atoms with Gasteiger partial charge in [0.1, 0.15) is 0 Å². The molecule has 0 radical (unpaired) electrons. The van der Waals surface area contributed by atoms with E-state index in [1.54, 1.807) is 13.1 Å². The molecule has 2 heteroatoms. The minimum Gasteiger partial charge on any atom is -0.227 e. The van der Waals surface area contributed by atoms with Crippen LogP contribution in [0.25, 0.3) is 11.1 Å². The Bertz CT molecular complexity index is 483. The van der Waals surface area contributed by atoms with Crippen molar-refractivity contribution in [1.29, 1.82) is 0 Å². The molecule has 0 aliphatic heterocycles. The number of benzene rings is 1. The van der Waals surface area contributed by atoms with Crippen molar-refractivity contribution in [2.75, 3.05) is 0 Å². The molecule has 1 nitrogen and oxygen atoms in total. The molecule has 0 aliphatic rings. The van der Waals surface area contributed by atoms with E-state index in [1.807, 2.05) is 12.1 Å². The Morgan fingerprint density at radius 3 is 2.19 bits per heavy atom. The fourth-order valence-corrected chi connectivity index (χ4v) is 1.64. The summed E-state index contributed by atoms with van der Waals surface area (Å²) in [5.74, 6) is -0.396. The van der Waals surface area contributed by atoms with Gasteiger partial charge in [-0.3, -0.25) is 0 Å². The summed E-state index contributed by atoms with van der Waals surface area (Å²) in [6.07, 6.45) is 1.58.